The number of halogens is 1. The van der Waals surface area contributed by atoms with Gasteiger partial charge in [0.2, 0.25) is 5.91 Å². The van der Waals surface area contributed by atoms with Gasteiger partial charge in [0.15, 0.2) is 0 Å². The van der Waals surface area contributed by atoms with Crippen LogP contribution in [0.3, 0.4) is 0 Å². The second-order valence-electron chi connectivity index (χ2n) is 5.44. The average Bonchev–Trinajstić information content (AvgIpc) is 2.48. The number of carbonyl (C=O) groups excluding carboxylic acids is 1. The summed E-state index contributed by atoms with van der Waals surface area (Å²) in [4.78, 5) is 12.2. The van der Waals surface area contributed by atoms with E-state index in [4.69, 9.17) is 10.5 Å². The zero-order valence-corrected chi connectivity index (χ0v) is 13.3. The van der Waals surface area contributed by atoms with Crippen molar-refractivity contribution in [2.75, 3.05) is 13.7 Å². The van der Waals surface area contributed by atoms with Gasteiger partial charge in [0.25, 0.3) is 0 Å². The number of ether oxygens (including phenoxy) is 1. The maximum absolute atomic E-state index is 12.2. The Hall–Kier alpha value is -1.26. The molecule has 0 radical (unpaired) electrons. The van der Waals surface area contributed by atoms with Crippen molar-refractivity contribution in [1.82, 2.24) is 5.32 Å². The minimum absolute atomic E-state index is 0. The molecule has 1 aliphatic carbocycles. The Balaban J connectivity index is 0.00000220. The van der Waals surface area contributed by atoms with Crippen LogP contribution in [0, 0.1) is 5.92 Å². The maximum Gasteiger partial charge on any atom is 0.224 e. The molecule has 4 nitrogen and oxygen atoms in total. The summed E-state index contributed by atoms with van der Waals surface area (Å²) in [6.45, 7) is 0.652. The third-order valence-electron chi connectivity index (χ3n) is 4.10. The highest BCUT2D eigenvalue weighted by atomic mass is 35.5. The predicted octanol–water partition coefficient (Wildman–Crippen LogP) is 2.29. The molecule has 2 atom stereocenters. The van der Waals surface area contributed by atoms with Crippen molar-refractivity contribution in [3.8, 4) is 5.75 Å². The maximum atomic E-state index is 12.2. The molecule has 5 heteroatoms. The Morgan fingerprint density at radius 1 is 1.33 bits per heavy atom. The number of benzene rings is 1. The molecule has 21 heavy (non-hydrogen) atoms. The van der Waals surface area contributed by atoms with E-state index in [0.717, 1.165) is 24.2 Å². The van der Waals surface area contributed by atoms with Crippen molar-refractivity contribution in [1.29, 1.82) is 0 Å². The van der Waals surface area contributed by atoms with E-state index in [-0.39, 0.29) is 24.4 Å². The number of nitrogens with one attached hydrogen (secondary N) is 1. The molecule has 1 fully saturated rings. The van der Waals surface area contributed by atoms with E-state index in [1.165, 1.54) is 12.8 Å². The van der Waals surface area contributed by atoms with Crippen molar-refractivity contribution in [2.24, 2.45) is 11.7 Å². The molecule has 1 aliphatic rings. The summed E-state index contributed by atoms with van der Waals surface area (Å²) >= 11 is 0. The third-order valence-corrected chi connectivity index (χ3v) is 4.10. The zero-order chi connectivity index (χ0) is 14.4. The molecule has 1 saturated carbocycles. The van der Waals surface area contributed by atoms with Crippen LogP contribution in [0.2, 0.25) is 0 Å². The fraction of sp³-hybridized carbons (Fsp3) is 0.562. The van der Waals surface area contributed by atoms with Gasteiger partial charge in [-0.2, -0.15) is 0 Å². The Bertz CT molecular complexity index is 454. The molecule has 0 saturated heterocycles. The van der Waals surface area contributed by atoms with Gasteiger partial charge in [-0.3, -0.25) is 4.79 Å². The Kier molecular flexibility index (Phi) is 7.54. The second kappa shape index (κ2) is 8.90. The topological polar surface area (TPSA) is 64.3 Å². The lowest BCUT2D eigenvalue weighted by molar-refractivity contribution is -0.121. The van der Waals surface area contributed by atoms with Crippen LogP contribution in [-0.2, 0) is 11.2 Å². The molecule has 1 amide bonds. The number of carbonyl (C=O) groups is 1. The summed E-state index contributed by atoms with van der Waals surface area (Å²) < 4.78 is 5.28. The van der Waals surface area contributed by atoms with Crippen LogP contribution in [0.1, 0.15) is 31.2 Å². The van der Waals surface area contributed by atoms with E-state index in [1.807, 2.05) is 24.3 Å². The SMILES string of the molecule is COc1ccccc1CC(=O)NC1CCCCC1CN.Cl. The minimum Gasteiger partial charge on any atom is -0.496 e. The van der Waals surface area contributed by atoms with E-state index in [2.05, 4.69) is 5.32 Å². The molecule has 2 rings (SSSR count). The van der Waals surface area contributed by atoms with Gasteiger partial charge >= 0.3 is 0 Å². The van der Waals surface area contributed by atoms with Gasteiger partial charge in [0.1, 0.15) is 5.75 Å². The summed E-state index contributed by atoms with van der Waals surface area (Å²) in [7, 11) is 1.63. The van der Waals surface area contributed by atoms with Crippen molar-refractivity contribution in [2.45, 2.75) is 38.1 Å². The fourth-order valence-electron chi connectivity index (χ4n) is 2.96. The first-order valence-electron chi connectivity index (χ1n) is 7.36. The first-order chi connectivity index (χ1) is 9.74. The van der Waals surface area contributed by atoms with Crippen LogP contribution in [0.5, 0.6) is 5.75 Å². The summed E-state index contributed by atoms with van der Waals surface area (Å²) in [6, 6.07) is 7.88. The molecule has 0 spiro atoms. The Morgan fingerprint density at radius 2 is 2.05 bits per heavy atom. The van der Waals surface area contributed by atoms with Gasteiger partial charge in [0, 0.05) is 11.6 Å². The second-order valence-corrected chi connectivity index (χ2v) is 5.44. The van der Waals surface area contributed by atoms with Crippen LogP contribution in [0.15, 0.2) is 24.3 Å². The number of rotatable bonds is 5. The number of nitrogens with two attached hydrogens (primary N) is 1. The Labute approximate surface area is 132 Å². The summed E-state index contributed by atoms with van der Waals surface area (Å²) in [5, 5.41) is 3.15. The van der Waals surface area contributed by atoms with Crippen molar-refractivity contribution in [3.63, 3.8) is 0 Å². The molecular formula is C16H25ClN2O2. The van der Waals surface area contributed by atoms with E-state index >= 15 is 0 Å². The molecule has 0 aliphatic heterocycles. The zero-order valence-electron chi connectivity index (χ0n) is 12.5. The molecule has 1 aromatic rings. The molecule has 0 heterocycles. The predicted molar refractivity (Wildman–Crippen MR) is 86.9 cm³/mol. The smallest absolute Gasteiger partial charge is 0.224 e. The lowest BCUT2D eigenvalue weighted by atomic mass is 9.84. The fourth-order valence-corrected chi connectivity index (χ4v) is 2.96. The number of hydrogen-bond donors (Lipinski definition) is 2. The van der Waals surface area contributed by atoms with Crippen LogP contribution >= 0.6 is 12.4 Å². The first-order valence-corrected chi connectivity index (χ1v) is 7.36. The standard InChI is InChI=1S/C16H24N2O2.ClH/c1-20-15-9-5-3-6-12(15)10-16(19)18-14-8-4-2-7-13(14)11-17;/h3,5-6,9,13-14H,2,4,7-8,10-11,17H2,1H3,(H,18,19);1H. The molecule has 0 bridgehead atoms. The van der Waals surface area contributed by atoms with Crippen molar-refractivity contribution >= 4 is 18.3 Å². The molecule has 1 aromatic carbocycles. The number of hydrogen-bond acceptors (Lipinski definition) is 3. The highest BCUT2D eigenvalue weighted by Gasteiger charge is 2.25. The van der Waals surface area contributed by atoms with Gasteiger partial charge in [-0.1, -0.05) is 31.0 Å². The summed E-state index contributed by atoms with van der Waals surface area (Å²) in [5.74, 6) is 1.24. The van der Waals surface area contributed by atoms with Gasteiger partial charge in [0.05, 0.1) is 13.5 Å². The van der Waals surface area contributed by atoms with E-state index < -0.39 is 0 Å². The average molecular weight is 313 g/mol. The van der Waals surface area contributed by atoms with Gasteiger partial charge in [-0.25, -0.2) is 0 Å². The third kappa shape index (κ3) is 4.90. The van der Waals surface area contributed by atoms with Gasteiger partial charge in [-0.05, 0) is 31.4 Å². The molecule has 118 valence electrons. The van der Waals surface area contributed by atoms with Crippen LogP contribution in [-0.4, -0.2) is 25.6 Å². The van der Waals surface area contributed by atoms with E-state index in [9.17, 15) is 4.79 Å². The van der Waals surface area contributed by atoms with Crippen LogP contribution < -0.4 is 15.8 Å². The quantitative estimate of drug-likeness (QED) is 0.877. The molecular weight excluding hydrogens is 288 g/mol. The van der Waals surface area contributed by atoms with E-state index in [1.54, 1.807) is 7.11 Å². The highest BCUT2D eigenvalue weighted by molar-refractivity contribution is 5.85. The number of para-hydroxylation sites is 1. The molecule has 0 aromatic heterocycles. The lowest BCUT2D eigenvalue weighted by Gasteiger charge is -2.31. The van der Waals surface area contributed by atoms with Crippen molar-refractivity contribution in [3.05, 3.63) is 29.8 Å². The Morgan fingerprint density at radius 3 is 2.76 bits per heavy atom. The normalized spacial score (nSPS) is 21.2. The summed E-state index contributed by atoms with van der Waals surface area (Å²) in [5.41, 5.74) is 6.72. The minimum atomic E-state index is 0. The first kappa shape index (κ1) is 17.8. The largest absolute Gasteiger partial charge is 0.496 e. The molecule has 2 unspecified atom stereocenters. The lowest BCUT2D eigenvalue weighted by Crippen LogP contribution is -2.45. The van der Waals surface area contributed by atoms with Crippen molar-refractivity contribution < 1.29 is 9.53 Å². The number of methoxy groups -OCH3 is 1. The monoisotopic (exact) mass is 312 g/mol. The van der Waals surface area contributed by atoms with Crippen LogP contribution in [0.25, 0.3) is 0 Å². The highest BCUT2D eigenvalue weighted by Crippen LogP contribution is 2.24. The molecule has 3 N–H and O–H groups in total. The van der Waals surface area contributed by atoms with Gasteiger partial charge in [-0.15, -0.1) is 12.4 Å². The number of amides is 1. The summed E-state index contributed by atoms with van der Waals surface area (Å²) in [6.07, 6.45) is 4.92. The van der Waals surface area contributed by atoms with E-state index in [0.29, 0.717) is 18.9 Å². The van der Waals surface area contributed by atoms with Crippen LogP contribution in [0.4, 0.5) is 0 Å². The van der Waals surface area contributed by atoms with Gasteiger partial charge < -0.3 is 15.8 Å².